The summed E-state index contributed by atoms with van der Waals surface area (Å²) in [6.07, 6.45) is 0.880. The molecule has 1 aromatic heterocycles. The predicted molar refractivity (Wildman–Crippen MR) is 103 cm³/mol. The molecule has 0 aliphatic carbocycles. The number of carbonyl (C=O) groups excluding carboxylic acids is 1. The van der Waals surface area contributed by atoms with Gasteiger partial charge >= 0.3 is 0 Å². The molecule has 0 saturated carbocycles. The number of halogens is 1. The first-order valence-electron chi connectivity index (χ1n) is 8.83. The second-order valence-electron chi connectivity index (χ2n) is 6.70. The summed E-state index contributed by atoms with van der Waals surface area (Å²) in [5, 5.41) is 7.35. The van der Waals surface area contributed by atoms with Crippen LogP contribution in [-0.4, -0.2) is 59.9 Å². The van der Waals surface area contributed by atoms with Crippen LogP contribution in [0.5, 0.6) is 0 Å². The Morgan fingerprint density at radius 1 is 1.15 bits per heavy atom. The summed E-state index contributed by atoms with van der Waals surface area (Å²) in [4.78, 5) is 14.6. The molecule has 27 heavy (non-hydrogen) atoms. The first kappa shape index (κ1) is 19.9. The number of aromatic nitrogens is 2. The van der Waals surface area contributed by atoms with Gasteiger partial charge in [0, 0.05) is 31.2 Å². The topological polar surface area (TPSA) is 86.4 Å². The van der Waals surface area contributed by atoms with Crippen molar-refractivity contribution < 1.29 is 13.2 Å². The van der Waals surface area contributed by atoms with Crippen LogP contribution in [0.25, 0.3) is 0 Å². The third-order valence-electron chi connectivity index (χ3n) is 4.73. The quantitative estimate of drug-likeness (QED) is 0.836. The lowest BCUT2D eigenvalue weighted by Crippen LogP contribution is -2.38. The summed E-state index contributed by atoms with van der Waals surface area (Å²) in [5.74, 6) is -0.00718. The third-order valence-corrected chi connectivity index (χ3v) is 7.15. The minimum atomic E-state index is -3.63. The highest BCUT2D eigenvalue weighted by atomic mass is 35.5. The fourth-order valence-corrected chi connectivity index (χ4v) is 5.25. The van der Waals surface area contributed by atoms with Gasteiger partial charge in [0.25, 0.3) is 0 Å². The van der Waals surface area contributed by atoms with Crippen LogP contribution >= 0.6 is 11.6 Å². The Labute approximate surface area is 164 Å². The molecule has 0 bridgehead atoms. The van der Waals surface area contributed by atoms with Crippen molar-refractivity contribution in [3.05, 3.63) is 46.2 Å². The fraction of sp³-hybridized carbons (Fsp3) is 0.444. The van der Waals surface area contributed by atoms with E-state index in [-0.39, 0.29) is 23.8 Å². The number of nitrogens with one attached hydrogen (secondary N) is 1. The molecular formula is C18H23ClN4O3S. The molecule has 146 valence electrons. The minimum absolute atomic E-state index is 0.00718. The molecule has 7 nitrogen and oxygen atoms in total. The number of aryl methyl sites for hydroxylation is 2. The predicted octanol–water partition coefficient (Wildman–Crippen LogP) is 2.15. The number of amides is 1. The van der Waals surface area contributed by atoms with Crippen LogP contribution in [0.3, 0.4) is 0 Å². The second kappa shape index (κ2) is 8.00. The molecular weight excluding hydrogens is 388 g/mol. The van der Waals surface area contributed by atoms with Crippen molar-refractivity contribution in [1.82, 2.24) is 19.4 Å². The lowest BCUT2D eigenvalue weighted by molar-refractivity contribution is -0.130. The average Bonchev–Trinajstić information content (AvgIpc) is 2.83. The lowest BCUT2D eigenvalue weighted by Gasteiger charge is -2.22. The number of nitrogens with zero attached hydrogens (tertiary/aromatic N) is 3. The highest BCUT2D eigenvalue weighted by molar-refractivity contribution is 7.89. The minimum Gasteiger partial charge on any atom is -0.341 e. The molecule has 0 radical (unpaired) electrons. The highest BCUT2D eigenvalue weighted by Crippen LogP contribution is 2.23. The van der Waals surface area contributed by atoms with Crippen LogP contribution in [0.4, 0.5) is 0 Å². The molecule has 1 aliphatic heterocycles. The number of carbonyl (C=O) groups is 1. The molecule has 0 unspecified atom stereocenters. The number of hydrogen-bond donors (Lipinski definition) is 1. The summed E-state index contributed by atoms with van der Waals surface area (Å²) < 4.78 is 27.4. The molecule has 3 rings (SSSR count). The fourth-order valence-electron chi connectivity index (χ4n) is 3.32. The Kier molecular flexibility index (Phi) is 5.88. The van der Waals surface area contributed by atoms with Gasteiger partial charge < -0.3 is 4.90 Å². The summed E-state index contributed by atoms with van der Waals surface area (Å²) >= 11 is 5.88. The van der Waals surface area contributed by atoms with Crippen LogP contribution in [0, 0.1) is 13.8 Å². The third kappa shape index (κ3) is 4.34. The summed E-state index contributed by atoms with van der Waals surface area (Å²) in [6.45, 7) is 4.96. The standard InChI is InChI=1S/C18H23ClN4O3S/c1-13-18(14(2)21-20-13)27(25,26)23-9-3-8-22(10-11-23)17(24)12-15-4-6-16(19)7-5-15/h4-7H,3,8-12H2,1-2H3,(H,20,21). The highest BCUT2D eigenvalue weighted by Gasteiger charge is 2.31. The molecule has 2 heterocycles. The van der Waals surface area contributed by atoms with Crippen molar-refractivity contribution in [3.8, 4) is 0 Å². The molecule has 9 heteroatoms. The normalized spacial score (nSPS) is 16.3. The Morgan fingerprint density at radius 3 is 2.48 bits per heavy atom. The molecule has 1 saturated heterocycles. The van der Waals surface area contributed by atoms with Crippen molar-refractivity contribution in [2.24, 2.45) is 0 Å². The van der Waals surface area contributed by atoms with Crippen molar-refractivity contribution in [1.29, 1.82) is 0 Å². The smallest absolute Gasteiger partial charge is 0.246 e. The maximum absolute atomic E-state index is 13.0. The van der Waals surface area contributed by atoms with Gasteiger partial charge in [-0.15, -0.1) is 0 Å². The Morgan fingerprint density at radius 2 is 1.85 bits per heavy atom. The van der Waals surface area contributed by atoms with E-state index in [1.165, 1.54) is 4.31 Å². The van der Waals surface area contributed by atoms with Gasteiger partial charge in [-0.25, -0.2) is 8.42 Å². The van der Waals surface area contributed by atoms with Crippen LogP contribution in [0.1, 0.15) is 23.4 Å². The molecule has 1 aromatic carbocycles. The number of sulfonamides is 1. The Balaban J connectivity index is 1.68. The van der Waals surface area contributed by atoms with E-state index in [9.17, 15) is 13.2 Å². The van der Waals surface area contributed by atoms with E-state index in [0.717, 1.165) is 5.56 Å². The van der Waals surface area contributed by atoms with E-state index < -0.39 is 10.0 Å². The Bertz CT molecular complexity index is 905. The maximum Gasteiger partial charge on any atom is 0.246 e. The van der Waals surface area contributed by atoms with Crippen LogP contribution < -0.4 is 0 Å². The second-order valence-corrected chi connectivity index (χ2v) is 9.02. The molecule has 1 fully saturated rings. The van der Waals surface area contributed by atoms with Gasteiger partial charge in [-0.2, -0.15) is 9.40 Å². The van der Waals surface area contributed by atoms with Crippen LogP contribution in [0.15, 0.2) is 29.2 Å². The number of aromatic amines is 1. The first-order valence-corrected chi connectivity index (χ1v) is 10.6. The lowest BCUT2D eigenvalue weighted by atomic mass is 10.1. The van der Waals surface area contributed by atoms with E-state index in [0.29, 0.717) is 42.5 Å². The average molecular weight is 411 g/mol. The number of benzene rings is 1. The maximum atomic E-state index is 13.0. The molecule has 0 atom stereocenters. The molecule has 1 N–H and O–H groups in total. The van der Waals surface area contributed by atoms with Gasteiger partial charge in [-0.3, -0.25) is 9.89 Å². The molecule has 2 aromatic rings. The van der Waals surface area contributed by atoms with Crippen LogP contribution in [0.2, 0.25) is 5.02 Å². The van der Waals surface area contributed by atoms with Crippen molar-refractivity contribution >= 4 is 27.5 Å². The van der Waals surface area contributed by atoms with E-state index >= 15 is 0 Å². The Hall–Kier alpha value is -1.90. The number of H-pyrrole nitrogens is 1. The number of rotatable bonds is 4. The van der Waals surface area contributed by atoms with E-state index in [2.05, 4.69) is 10.2 Å². The van der Waals surface area contributed by atoms with Crippen molar-refractivity contribution in [3.63, 3.8) is 0 Å². The van der Waals surface area contributed by atoms with Gasteiger partial charge in [-0.1, -0.05) is 23.7 Å². The van der Waals surface area contributed by atoms with E-state index in [4.69, 9.17) is 11.6 Å². The molecule has 0 spiro atoms. The molecule has 1 aliphatic rings. The van der Waals surface area contributed by atoms with E-state index in [1.807, 2.05) is 12.1 Å². The first-order chi connectivity index (χ1) is 12.8. The van der Waals surface area contributed by atoms with Gasteiger partial charge in [0.2, 0.25) is 15.9 Å². The zero-order valence-corrected chi connectivity index (χ0v) is 17.0. The molecule has 1 amide bonds. The van der Waals surface area contributed by atoms with Gasteiger partial charge in [0.15, 0.2) is 0 Å². The van der Waals surface area contributed by atoms with Gasteiger partial charge in [0.05, 0.1) is 17.8 Å². The number of hydrogen-bond acceptors (Lipinski definition) is 4. The van der Waals surface area contributed by atoms with E-state index in [1.54, 1.807) is 30.9 Å². The largest absolute Gasteiger partial charge is 0.341 e. The zero-order valence-electron chi connectivity index (χ0n) is 15.4. The zero-order chi connectivity index (χ0) is 19.6. The monoisotopic (exact) mass is 410 g/mol. The van der Waals surface area contributed by atoms with Gasteiger partial charge in [-0.05, 0) is 38.0 Å². The van der Waals surface area contributed by atoms with Gasteiger partial charge in [0.1, 0.15) is 4.90 Å². The summed E-state index contributed by atoms with van der Waals surface area (Å²) in [6, 6.07) is 7.19. The SMILES string of the molecule is Cc1n[nH]c(C)c1S(=O)(=O)N1CCCN(C(=O)Cc2ccc(Cl)cc2)CC1. The summed E-state index contributed by atoms with van der Waals surface area (Å²) in [7, 11) is -3.63. The summed E-state index contributed by atoms with van der Waals surface area (Å²) in [5.41, 5.74) is 1.89. The van der Waals surface area contributed by atoms with Crippen molar-refractivity contribution in [2.75, 3.05) is 26.2 Å². The van der Waals surface area contributed by atoms with Crippen LogP contribution in [-0.2, 0) is 21.2 Å². The van der Waals surface area contributed by atoms with Crippen molar-refractivity contribution in [2.45, 2.75) is 31.6 Å².